The van der Waals surface area contributed by atoms with Crippen molar-refractivity contribution < 1.29 is 23.8 Å². The van der Waals surface area contributed by atoms with Crippen molar-refractivity contribution >= 4 is 11.9 Å². The number of benzene rings is 1. The molecular weight excluding hydrogens is 265 g/mol. The maximum atomic E-state index is 13.9. The van der Waals surface area contributed by atoms with Crippen LogP contribution in [0.1, 0.15) is 17.3 Å². The van der Waals surface area contributed by atoms with Gasteiger partial charge in [0.25, 0.3) is 5.91 Å². The van der Waals surface area contributed by atoms with Crippen LogP contribution in [0.3, 0.4) is 0 Å². The van der Waals surface area contributed by atoms with E-state index in [1.54, 1.807) is 6.92 Å². The maximum absolute atomic E-state index is 13.9. The Labute approximate surface area is 116 Å². The highest BCUT2D eigenvalue weighted by molar-refractivity contribution is 5.97. The predicted molar refractivity (Wildman–Crippen MR) is 69.1 cm³/mol. The lowest BCUT2D eigenvalue weighted by molar-refractivity contribution is -0.142. The third-order valence-electron chi connectivity index (χ3n) is 3.63. The van der Waals surface area contributed by atoms with Crippen LogP contribution in [0.25, 0.3) is 0 Å². The molecule has 0 radical (unpaired) electrons. The van der Waals surface area contributed by atoms with Crippen molar-refractivity contribution in [3.63, 3.8) is 0 Å². The number of aliphatic carboxylic acids is 1. The lowest BCUT2D eigenvalue weighted by Gasteiger charge is -2.18. The molecule has 20 heavy (non-hydrogen) atoms. The number of likely N-dealkylation sites (tertiary alicyclic amines) is 1. The summed E-state index contributed by atoms with van der Waals surface area (Å²) < 4.78 is 18.9. The molecule has 0 spiro atoms. The third kappa shape index (κ3) is 2.45. The number of carboxylic acids is 1. The van der Waals surface area contributed by atoms with Crippen LogP contribution in [0.4, 0.5) is 4.39 Å². The highest BCUT2D eigenvalue weighted by atomic mass is 19.1. The van der Waals surface area contributed by atoms with Crippen LogP contribution in [0, 0.1) is 17.7 Å². The highest BCUT2D eigenvalue weighted by Crippen LogP contribution is 2.28. The van der Waals surface area contributed by atoms with E-state index in [0.717, 1.165) is 0 Å². The molecule has 1 aromatic rings. The first-order chi connectivity index (χ1) is 9.45. The molecular formula is C14H16FNO4. The number of methoxy groups -OCH3 is 1. The van der Waals surface area contributed by atoms with Crippen molar-refractivity contribution in [3.8, 4) is 5.75 Å². The van der Waals surface area contributed by atoms with Gasteiger partial charge in [0.15, 0.2) is 0 Å². The van der Waals surface area contributed by atoms with Crippen molar-refractivity contribution in [3.05, 3.63) is 29.6 Å². The van der Waals surface area contributed by atoms with Gasteiger partial charge in [-0.25, -0.2) is 4.39 Å². The van der Waals surface area contributed by atoms with Crippen molar-refractivity contribution in [2.45, 2.75) is 6.92 Å². The normalized spacial score (nSPS) is 21.9. The molecule has 1 aliphatic rings. The molecule has 0 aliphatic carbocycles. The minimum Gasteiger partial charge on any atom is -0.496 e. The van der Waals surface area contributed by atoms with Crippen LogP contribution in [-0.4, -0.2) is 42.1 Å². The van der Waals surface area contributed by atoms with Gasteiger partial charge in [-0.05, 0) is 18.1 Å². The molecule has 0 saturated carbocycles. The van der Waals surface area contributed by atoms with Crippen molar-refractivity contribution in [1.29, 1.82) is 0 Å². The standard InChI is InChI=1S/C14H16FNO4/c1-8-6-16(7-9(8)14(18)19)13(17)12-10(15)4-3-5-11(12)20-2/h3-5,8-9H,6-7H2,1-2H3,(H,18,19). The molecule has 0 aromatic heterocycles. The van der Waals surface area contributed by atoms with Gasteiger partial charge in [-0.2, -0.15) is 0 Å². The first-order valence-corrected chi connectivity index (χ1v) is 6.30. The van der Waals surface area contributed by atoms with E-state index in [0.29, 0.717) is 6.54 Å². The molecule has 1 aliphatic heterocycles. The molecule has 2 atom stereocenters. The van der Waals surface area contributed by atoms with Crippen LogP contribution in [0.5, 0.6) is 5.75 Å². The van der Waals surface area contributed by atoms with Crippen LogP contribution < -0.4 is 4.74 Å². The smallest absolute Gasteiger partial charge is 0.308 e. The second-order valence-corrected chi connectivity index (χ2v) is 4.95. The summed E-state index contributed by atoms with van der Waals surface area (Å²) in [6.07, 6.45) is 0. The van der Waals surface area contributed by atoms with E-state index in [4.69, 9.17) is 9.84 Å². The number of carboxylic acid groups (broad SMARTS) is 1. The second-order valence-electron chi connectivity index (χ2n) is 4.95. The van der Waals surface area contributed by atoms with E-state index in [9.17, 15) is 14.0 Å². The number of carbonyl (C=O) groups excluding carboxylic acids is 1. The molecule has 1 amide bonds. The van der Waals surface area contributed by atoms with E-state index in [1.165, 1.54) is 30.2 Å². The summed E-state index contributed by atoms with van der Waals surface area (Å²) in [5, 5.41) is 9.07. The number of rotatable bonds is 3. The number of hydrogen-bond acceptors (Lipinski definition) is 3. The third-order valence-corrected chi connectivity index (χ3v) is 3.63. The van der Waals surface area contributed by atoms with Gasteiger partial charge >= 0.3 is 5.97 Å². The van der Waals surface area contributed by atoms with E-state index in [2.05, 4.69) is 0 Å². The summed E-state index contributed by atoms with van der Waals surface area (Å²) in [4.78, 5) is 24.8. The quantitative estimate of drug-likeness (QED) is 0.914. The van der Waals surface area contributed by atoms with Gasteiger partial charge in [-0.15, -0.1) is 0 Å². The zero-order chi connectivity index (χ0) is 14.9. The monoisotopic (exact) mass is 281 g/mol. The Morgan fingerprint density at radius 2 is 2.10 bits per heavy atom. The maximum Gasteiger partial charge on any atom is 0.308 e. The molecule has 1 N–H and O–H groups in total. The second kappa shape index (κ2) is 5.48. The molecule has 1 saturated heterocycles. The molecule has 6 heteroatoms. The van der Waals surface area contributed by atoms with Gasteiger partial charge < -0.3 is 14.7 Å². The predicted octanol–water partition coefficient (Wildman–Crippen LogP) is 1.63. The van der Waals surface area contributed by atoms with Gasteiger partial charge in [0.05, 0.1) is 13.0 Å². The van der Waals surface area contributed by atoms with Crippen LogP contribution in [0.15, 0.2) is 18.2 Å². The average Bonchev–Trinajstić information content (AvgIpc) is 2.80. The first kappa shape index (κ1) is 14.3. The summed E-state index contributed by atoms with van der Waals surface area (Å²) in [6, 6.07) is 4.14. The zero-order valence-electron chi connectivity index (χ0n) is 11.3. The lowest BCUT2D eigenvalue weighted by atomic mass is 9.99. The SMILES string of the molecule is COc1cccc(F)c1C(=O)N1CC(C)C(C(=O)O)C1. The summed E-state index contributed by atoms with van der Waals surface area (Å²) in [7, 11) is 1.36. The topological polar surface area (TPSA) is 66.8 Å². The summed E-state index contributed by atoms with van der Waals surface area (Å²) >= 11 is 0. The Morgan fingerprint density at radius 1 is 1.40 bits per heavy atom. The van der Waals surface area contributed by atoms with Gasteiger partial charge in [0.2, 0.25) is 0 Å². The molecule has 1 aromatic carbocycles. The number of halogens is 1. The lowest BCUT2D eigenvalue weighted by Crippen LogP contribution is -2.31. The number of amides is 1. The van der Waals surface area contributed by atoms with Gasteiger partial charge in [-0.1, -0.05) is 13.0 Å². The number of hydrogen-bond donors (Lipinski definition) is 1. The molecule has 1 fully saturated rings. The Bertz CT molecular complexity index is 546. The molecule has 0 bridgehead atoms. The Morgan fingerprint density at radius 3 is 2.65 bits per heavy atom. The summed E-state index contributed by atoms with van der Waals surface area (Å²) in [6.45, 7) is 2.16. The minimum absolute atomic E-state index is 0.0901. The van der Waals surface area contributed by atoms with E-state index in [1.807, 2.05) is 0 Å². The molecule has 2 unspecified atom stereocenters. The van der Waals surface area contributed by atoms with Gasteiger partial charge in [-0.3, -0.25) is 9.59 Å². The Balaban J connectivity index is 2.28. The van der Waals surface area contributed by atoms with E-state index >= 15 is 0 Å². The fourth-order valence-corrected chi connectivity index (χ4v) is 2.49. The van der Waals surface area contributed by atoms with Crippen LogP contribution in [-0.2, 0) is 4.79 Å². The van der Waals surface area contributed by atoms with Crippen molar-refractivity contribution in [2.24, 2.45) is 11.8 Å². The number of ether oxygens (including phenoxy) is 1. The molecule has 2 rings (SSSR count). The van der Waals surface area contributed by atoms with Gasteiger partial charge in [0, 0.05) is 13.1 Å². The Kier molecular flexibility index (Phi) is 3.92. The van der Waals surface area contributed by atoms with Crippen LogP contribution in [0.2, 0.25) is 0 Å². The van der Waals surface area contributed by atoms with E-state index in [-0.39, 0.29) is 23.8 Å². The Hall–Kier alpha value is -2.11. The largest absolute Gasteiger partial charge is 0.496 e. The van der Waals surface area contributed by atoms with Crippen molar-refractivity contribution in [1.82, 2.24) is 4.90 Å². The average molecular weight is 281 g/mol. The minimum atomic E-state index is -0.937. The summed E-state index contributed by atoms with van der Waals surface area (Å²) in [5.41, 5.74) is -0.145. The fourth-order valence-electron chi connectivity index (χ4n) is 2.49. The van der Waals surface area contributed by atoms with Crippen LogP contribution >= 0.6 is 0 Å². The zero-order valence-corrected chi connectivity index (χ0v) is 11.3. The summed E-state index contributed by atoms with van der Waals surface area (Å²) in [5.74, 6) is -2.75. The number of carbonyl (C=O) groups is 2. The molecule has 5 nitrogen and oxygen atoms in total. The number of nitrogens with zero attached hydrogens (tertiary/aromatic N) is 1. The van der Waals surface area contributed by atoms with Crippen molar-refractivity contribution in [2.75, 3.05) is 20.2 Å². The molecule has 108 valence electrons. The fraction of sp³-hybridized carbons (Fsp3) is 0.429. The van der Waals surface area contributed by atoms with Gasteiger partial charge in [0.1, 0.15) is 17.1 Å². The van der Waals surface area contributed by atoms with E-state index < -0.39 is 23.6 Å². The highest BCUT2D eigenvalue weighted by Gasteiger charge is 2.38. The molecule has 1 heterocycles. The first-order valence-electron chi connectivity index (χ1n) is 6.30.